The molecule has 0 amide bonds. The number of hydrogen-bond acceptors (Lipinski definition) is 6. The first-order chi connectivity index (χ1) is 13.3. The van der Waals surface area contributed by atoms with Gasteiger partial charge in [0.05, 0.1) is 5.56 Å². The summed E-state index contributed by atoms with van der Waals surface area (Å²) in [7, 11) is 0. The van der Waals surface area contributed by atoms with E-state index in [0.717, 1.165) is 56.3 Å². The van der Waals surface area contributed by atoms with Crippen LogP contribution in [0.4, 0.5) is 11.6 Å². The second kappa shape index (κ2) is 6.54. The molecule has 0 spiro atoms. The molecule has 0 unspecified atom stereocenters. The Balaban J connectivity index is 1.39. The van der Waals surface area contributed by atoms with Gasteiger partial charge in [0, 0.05) is 56.7 Å². The smallest absolute Gasteiger partial charge is 0.180 e. The molecule has 1 saturated heterocycles. The number of fused-ring (bicyclic) bond motifs is 2. The van der Waals surface area contributed by atoms with Crippen molar-refractivity contribution >= 4 is 17.3 Å². The maximum atomic E-state index is 9.63. The molecule has 1 aliphatic heterocycles. The van der Waals surface area contributed by atoms with E-state index in [1.54, 1.807) is 6.20 Å². The van der Waals surface area contributed by atoms with Gasteiger partial charge in [-0.1, -0.05) is 0 Å². The lowest BCUT2D eigenvalue weighted by Gasteiger charge is -2.36. The van der Waals surface area contributed by atoms with Gasteiger partial charge in [-0.2, -0.15) is 5.26 Å². The molecule has 7 heteroatoms. The molecule has 3 aromatic rings. The quantitative estimate of drug-likeness (QED) is 0.698. The number of imidazole rings is 1. The van der Waals surface area contributed by atoms with Crippen molar-refractivity contribution in [1.29, 1.82) is 5.26 Å². The number of nitriles is 1. The molecule has 5 rings (SSSR count). The van der Waals surface area contributed by atoms with E-state index in [0.29, 0.717) is 5.56 Å². The molecule has 0 atom stereocenters. The van der Waals surface area contributed by atoms with E-state index in [1.165, 1.54) is 24.1 Å². The second-order valence-corrected chi connectivity index (χ2v) is 7.17. The van der Waals surface area contributed by atoms with Gasteiger partial charge in [-0.05, 0) is 37.3 Å². The number of aromatic nitrogens is 4. The molecule has 7 nitrogen and oxygen atoms in total. The van der Waals surface area contributed by atoms with Gasteiger partial charge < -0.3 is 14.2 Å². The highest BCUT2D eigenvalue weighted by atomic mass is 15.3. The Labute approximate surface area is 157 Å². The third kappa shape index (κ3) is 2.78. The summed E-state index contributed by atoms with van der Waals surface area (Å²) in [6, 6.07) is 4.43. The molecule has 0 saturated carbocycles. The molecule has 3 aromatic heterocycles. The molecule has 136 valence electrons. The van der Waals surface area contributed by atoms with Crippen LogP contribution in [0.1, 0.15) is 29.7 Å². The monoisotopic (exact) mass is 359 g/mol. The number of pyridine rings is 1. The van der Waals surface area contributed by atoms with Crippen LogP contribution in [-0.4, -0.2) is 45.5 Å². The average Bonchev–Trinajstić information content (AvgIpc) is 3.22. The number of hydrogen-bond donors (Lipinski definition) is 0. The molecule has 2 aliphatic rings. The molecular formula is C20H21N7. The molecule has 0 bridgehead atoms. The van der Waals surface area contributed by atoms with Crippen molar-refractivity contribution in [1.82, 2.24) is 19.4 Å². The van der Waals surface area contributed by atoms with Crippen LogP contribution in [0.5, 0.6) is 0 Å². The molecule has 1 fully saturated rings. The standard InChI is InChI=1S/C20H21N7/c21-14-16-13-15-3-1-2-4-17(15)24-18(16)26-9-11-27(12-10-26)20-19-22-5-7-25(19)8-6-23-20/h5-8,13H,1-4,9-12H2. The lowest BCUT2D eigenvalue weighted by Crippen LogP contribution is -2.47. The van der Waals surface area contributed by atoms with Crippen LogP contribution < -0.4 is 9.80 Å². The molecule has 27 heavy (non-hydrogen) atoms. The van der Waals surface area contributed by atoms with E-state index in [1.807, 2.05) is 23.0 Å². The van der Waals surface area contributed by atoms with Gasteiger partial charge in [-0.15, -0.1) is 0 Å². The van der Waals surface area contributed by atoms with E-state index in [9.17, 15) is 5.26 Å². The minimum absolute atomic E-state index is 0.706. The summed E-state index contributed by atoms with van der Waals surface area (Å²) in [4.78, 5) is 18.4. The van der Waals surface area contributed by atoms with Crippen LogP contribution in [0.3, 0.4) is 0 Å². The summed E-state index contributed by atoms with van der Waals surface area (Å²) in [6.07, 6.45) is 11.9. The summed E-state index contributed by atoms with van der Waals surface area (Å²) in [5.41, 5.74) is 4.03. The zero-order valence-corrected chi connectivity index (χ0v) is 15.2. The Kier molecular flexibility index (Phi) is 3.89. The van der Waals surface area contributed by atoms with Crippen LogP contribution >= 0.6 is 0 Å². The van der Waals surface area contributed by atoms with Crippen molar-refractivity contribution < 1.29 is 0 Å². The first-order valence-corrected chi connectivity index (χ1v) is 9.54. The highest BCUT2D eigenvalue weighted by Crippen LogP contribution is 2.28. The van der Waals surface area contributed by atoms with Crippen molar-refractivity contribution in [2.75, 3.05) is 36.0 Å². The van der Waals surface area contributed by atoms with Crippen molar-refractivity contribution in [2.24, 2.45) is 0 Å². The fourth-order valence-electron chi connectivity index (χ4n) is 4.14. The topological polar surface area (TPSA) is 73.4 Å². The second-order valence-electron chi connectivity index (χ2n) is 7.17. The van der Waals surface area contributed by atoms with Crippen LogP contribution in [0.2, 0.25) is 0 Å². The molecule has 1 aliphatic carbocycles. The Hall–Kier alpha value is -3.14. The minimum Gasteiger partial charge on any atom is -0.352 e. The van der Waals surface area contributed by atoms with E-state index in [2.05, 4.69) is 31.9 Å². The fraction of sp³-hybridized carbons (Fsp3) is 0.400. The first kappa shape index (κ1) is 16.1. The molecule has 0 aromatic carbocycles. The Morgan fingerprint density at radius 2 is 1.59 bits per heavy atom. The Morgan fingerprint density at radius 3 is 2.37 bits per heavy atom. The van der Waals surface area contributed by atoms with E-state index in [4.69, 9.17) is 4.98 Å². The van der Waals surface area contributed by atoms with Gasteiger partial charge >= 0.3 is 0 Å². The number of piperazine rings is 1. The van der Waals surface area contributed by atoms with Crippen LogP contribution in [0.15, 0.2) is 30.9 Å². The summed E-state index contributed by atoms with van der Waals surface area (Å²) in [6.45, 7) is 3.32. The van der Waals surface area contributed by atoms with Gasteiger partial charge in [-0.3, -0.25) is 0 Å². The molecule has 0 N–H and O–H groups in total. The fourth-order valence-corrected chi connectivity index (χ4v) is 4.14. The predicted octanol–water partition coefficient (Wildman–Crippen LogP) is 2.20. The van der Waals surface area contributed by atoms with Crippen molar-refractivity contribution in [2.45, 2.75) is 25.7 Å². The van der Waals surface area contributed by atoms with Crippen LogP contribution in [0.25, 0.3) is 5.65 Å². The lowest BCUT2D eigenvalue weighted by molar-refractivity contribution is 0.630. The number of anilines is 2. The van der Waals surface area contributed by atoms with Gasteiger partial charge in [-0.25, -0.2) is 15.0 Å². The third-order valence-electron chi connectivity index (χ3n) is 5.57. The van der Waals surface area contributed by atoms with Gasteiger partial charge in [0.2, 0.25) is 0 Å². The number of rotatable bonds is 2. The predicted molar refractivity (Wildman–Crippen MR) is 103 cm³/mol. The largest absolute Gasteiger partial charge is 0.352 e. The maximum absolute atomic E-state index is 9.63. The SMILES string of the molecule is N#Cc1cc2c(nc1N1CCN(c3nccn4ccnc34)CC1)CCCC2. The number of aryl methyl sites for hydroxylation is 2. The normalized spacial score (nSPS) is 17.0. The lowest BCUT2D eigenvalue weighted by atomic mass is 9.95. The van der Waals surface area contributed by atoms with Gasteiger partial charge in [0.15, 0.2) is 11.5 Å². The zero-order chi connectivity index (χ0) is 18.2. The number of nitrogens with zero attached hydrogens (tertiary/aromatic N) is 7. The summed E-state index contributed by atoms with van der Waals surface area (Å²) in [5, 5.41) is 9.63. The highest BCUT2D eigenvalue weighted by Gasteiger charge is 2.24. The molecule has 4 heterocycles. The van der Waals surface area contributed by atoms with E-state index in [-0.39, 0.29) is 0 Å². The summed E-state index contributed by atoms with van der Waals surface area (Å²) in [5.74, 6) is 1.77. The van der Waals surface area contributed by atoms with Gasteiger partial charge in [0.1, 0.15) is 11.9 Å². The molecule has 0 radical (unpaired) electrons. The Bertz CT molecular complexity index is 1020. The highest BCUT2D eigenvalue weighted by molar-refractivity contribution is 5.65. The Morgan fingerprint density at radius 1 is 0.889 bits per heavy atom. The maximum Gasteiger partial charge on any atom is 0.180 e. The average molecular weight is 359 g/mol. The minimum atomic E-state index is 0.706. The van der Waals surface area contributed by atoms with E-state index < -0.39 is 0 Å². The van der Waals surface area contributed by atoms with Crippen LogP contribution in [0, 0.1) is 11.3 Å². The van der Waals surface area contributed by atoms with Crippen LogP contribution in [-0.2, 0) is 12.8 Å². The van der Waals surface area contributed by atoms with Crippen molar-refractivity contribution in [3.63, 3.8) is 0 Å². The van der Waals surface area contributed by atoms with Crippen molar-refractivity contribution in [3.8, 4) is 6.07 Å². The zero-order valence-electron chi connectivity index (χ0n) is 15.2. The molecular weight excluding hydrogens is 338 g/mol. The summed E-state index contributed by atoms with van der Waals surface area (Å²) < 4.78 is 1.99. The first-order valence-electron chi connectivity index (χ1n) is 9.54. The summed E-state index contributed by atoms with van der Waals surface area (Å²) >= 11 is 0. The van der Waals surface area contributed by atoms with E-state index >= 15 is 0 Å². The van der Waals surface area contributed by atoms with Gasteiger partial charge in [0.25, 0.3) is 0 Å². The third-order valence-corrected chi connectivity index (χ3v) is 5.57. The van der Waals surface area contributed by atoms with Crippen molar-refractivity contribution in [3.05, 3.63) is 47.7 Å².